The van der Waals surface area contributed by atoms with Crippen LogP contribution in [0.1, 0.15) is 23.5 Å². The van der Waals surface area contributed by atoms with Crippen molar-refractivity contribution in [2.75, 3.05) is 17.2 Å². The Balaban J connectivity index is 1.81. The standard InChI is InChI=1S/C17H19N3O3S/c1-11(2)16(22)20-13-7-5-12(6-8-13)19-15(21)10-18-17(23)14-4-3-9-24-14/h3-9,11H,10H2,1-2H3,(H,18,23)(H,19,21)(H,20,22). The first kappa shape index (κ1) is 17.7. The highest BCUT2D eigenvalue weighted by Gasteiger charge is 2.09. The van der Waals surface area contributed by atoms with Gasteiger partial charge in [0.15, 0.2) is 0 Å². The number of hydrogen-bond acceptors (Lipinski definition) is 4. The molecule has 0 fully saturated rings. The predicted octanol–water partition coefficient (Wildman–Crippen LogP) is 2.71. The van der Waals surface area contributed by atoms with Crippen LogP contribution in [0.2, 0.25) is 0 Å². The summed E-state index contributed by atoms with van der Waals surface area (Å²) in [5, 5.41) is 9.81. The summed E-state index contributed by atoms with van der Waals surface area (Å²) in [6, 6.07) is 10.3. The van der Waals surface area contributed by atoms with Gasteiger partial charge in [-0.3, -0.25) is 14.4 Å². The van der Waals surface area contributed by atoms with Gasteiger partial charge >= 0.3 is 0 Å². The highest BCUT2D eigenvalue weighted by Crippen LogP contribution is 2.14. The van der Waals surface area contributed by atoms with Crippen LogP contribution >= 0.6 is 11.3 Å². The molecule has 24 heavy (non-hydrogen) atoms. The van der Waals surface area contributed by atoms with Gasteiger partial charge in [0, 0.05) is 17.3 Å². The maximum Gasteiger partial charge on any atom is 0.261 e. The van der Waals surface area contributed by atoms with Crippen LogP contribution in [0.4, 0.5) is 11.4 Å². The lowest BCUT2D eigenvalue weighted by Crippen LogP contribution is -2.32. The molecule has 0 aliphatic heterocycles. The van der Waals surface area contributed by atoms with Crippen molar-refractivity contribution in [1.29, 1.82) is 0 Å². The number of rotatable bonds is 6. The Morgan fingerprint density at radius 2 is 1.62 bits per heavy atom. The van der Waals surface area contributed by atoms with Gasteiger partial charge in [0.25, 0.3) is 5.91 Å². The molecule has 1 heterocycles. The van der Waals surface area contributed by atoms with Crippen LogP contribution in [0, 0.1) is 5.92 Å². The molecule has 1 aromatic carbocycles. The molecule has 2 aromatic rings. The molecule has 7 heteroatoms. The summed E-state index contributed by atoms with van der Waals surface area (Å²) in [5.41, 5.74) is 1.26. The largest absolute Gasteiger partial charge is 0.342 e. The number of carbonyl (C=O) groups excluding carboxylic acids is 3. The second kappa shape index (κ2) is 8.26. The Hall–Kier alpha value is -2.67. The molecule has 0 saturated heterocycles. The van der Waals surface area contributed by atoms with E-state index in [1.165, 1.54) is 11.3 Å². The van der Waals surface area contributed by atoms with Crippen LogP contribution in [-0.2, 0) is 9.59 Å². The minimum Gasteiger partial charge on any atom is -0.342 e. The fourth-order valence-corrected chi connectivity index (χ4v) is 2.42. The Bertz CT molecular complexity index is 709. The lowest BCUT2D eigenvalue weighted by molar-refractivity contribution is -0.119. The van der Waals surface area contributed by atoms with Crippen molar-refractivity contribution in [3.63, 3.8) is 0 Å². The molecule has 2 rings (SSSR count). The maximum absolute atomic E-state index is 11.8. The zero-order chi connectivity index (χ0) is 17.5. The van der Waals surface area contributed by atoms with Crippen LogP contribution in [0.15, 0.2) is 41.8 Å². The highest BCUT2D eigenvalue weighted by molar-refractivity contribution is 7.12. The first-order valence-electron chi connectivity index (χ1n) is 7.48. The molecule has 0 bridgehead atoms. The van der Waals surface area contributed by atoms with Gasteiger partial charge in [0.1, 0.15) is 0 Å². The van der Waals surface area contributed by atoms with E-state index in [0.29, 0.717) is 16.3 Å². The van der Waals surface area contributed by atoms with Crippen molar-refractivity contribution in [3.05, 3.63) is 46.7 Å². The van der Waals surface area contributed by atoms with E-state index in [0.717, 1.165) is 0 Å². The Labute approximate surface area is 144 Å². The van der Waals surface area contributed by atoms with Gasteiger partial charge in [0.05, 0.1) is 11.4 Å². The molecule has 3 amide bonds. The number of benzene rings is 1. The molecule has 0 spiro atoms. The normalized spacial score (nSPS) is 10.3. The second-order valence-corrected chi connectivity index (χ2v) is 6.38. The van der Waals surface area contributed by atoms with Crippen LogP contribution in [0.5, 0.6) is 0 Å². The van der Waals surface area contributed by atoms with Crippen LogP contribution in [0.3, 0.4) is 0 Å². The molecule has 6 nitrogen and oxygen atoms in total. The predicted molar refractivity (Wildman–Crippen MR) is 95.2 cm³/mol. The number of carbonyl (C=O) groups is 3. The van der Waals surface area contributed by atoms with E-state index in [4.69, 9.17) is 0 Å². The van der Waals surface area contributed by atoms with Crippen LogP contribution in [-0.4, -0.2) is 24.3 Å². The third kappa shape index (κ3) is 5.20. The number of nitrogens with one attached hydrogen (secondary N) is 3. The third-order valence-electron chi connectivity index (χ3n) is 3.12. The van der Waals surface area contributed by atoms with E-state index in [1.807, 2.05) is 13.8 Å². The van der Waals surface area contributed by atoms with Crippen molar-refractivity contribution in [1.82, 2.24) is 5.32 Å². The summed E-state index contributed by atoms with van der Waals surface area (Å²) in [6.07, 6.45) is 0. The summed E-state index contributed by atoms with van der Waals surface area (Å²) < 4.78 is 0. The molecular formula is C17H19N3O3S. The molecule has 0 unspecified atom stereocenters. The minimum atomic E-state index is -0.320. The minimum absolute atomic E-state index is 0.0666. The average molecular weight is 345 g/mol. The fraction of sp³-hybridized carbons (Fsp3) is 0.235. The van der Waals surface area contributed by atoms with Crippen molar-refractivity contribution >= 4 is 40.4 Å². The first-order valence-corrected chi connectivity index (χ1v) is 8.36. The molecule has 0 saturated carbocycles. The van der Waals surface area contributed by atoms with E-state index in [-0.39, 0.29) is 30.2 Å². The molecule has 0 aliphatic rings. The molecule has 0 aliphatic carbocycles. The topological polar surface area (TPSA) is 87.3 Å². The molecular weight excluding hydrogens is 326 g/mol. The Morgan fingerprint density at radius 1 is 1.00 bits per heavy atom. The summed E-state index contributed by atoms with van der Waals surface area (Å²) in [7, 11) is 0. The number of amides is 3. The van der Waals surface area contributed by atoms with Gasteiger partial charge in [0.2, 0.25) is 11.8 Å². The van der Waals surface area contributed by atoms with Gasteiger partial charge in [-0.1, -0.05) is 19.9 Å². The summed E-state index contributed by atoms with van der Waals surface area (Å²) in [6.45, 7) is 3.52. The van der Waals surface area contributed by atoms with Gasteiger partial charge in [-0.15, -0.1) is 11.3 Å². The zero-order valence-electron chi connectivity index (χ0n) is 13.5. The van der Waals surface area contributed by atoms with E-state index in [2.05, 4.69) is 16.0 Å². The van der Waals surface area contributed by atoms with E-state index in [1.54, 1.807) is 41.8 Å². The lowest BCUT2D eigenvalue weighted by Gasteiger charge is -2.09. The van der Waals surface area contributed by atoms with Gasteiger partial charge in [-0.05, 0) is 35.7 Å². The van der Waals surface area contributed by atoms with Gasteiger partial charge in [-0.25, -0.2) is 0 Å². The summed E-state index contributed by atoms with van der Waals surface area (Å²) in [4.78, 5) is 35.8. The van der Waals surface area contributed by atoms with Crippen molar-refractivity contribution in [2.45, 2.75) is 13.8 Å². The van der Waals surface area contributed by atoms with Crippen LogP contribution < -0.4 is 16.0 Å². The molecule has 0 atom stereocenters. The van der Waals surface area contributed by atoms with Crippen molar-refractivity contribution in [2.24, 2.45) is 5.92 Å². The highest BCUT2D eigenvalue weighted by atomic mass is 32.1. The Kier molecular flexibility index (Phi) is 6.08. The monoisotopic (exact) mass is 345 g/mol. The zero-order valence-corrected chi connectivity index (χ0v) is 14.3. The van der Waals surface area contributed by atoms with Crippen molar-refractivity contribution < 1.29 is 14.4 Å². The smallest absolute Gasteiger partial charge is 0.261 e. The summed E-state index contributed by atoms with van der Waals surface area (Å²) in [5.74, 6) is -0.759. The van der Waals surface area contributed by atoms with E-state index < -0.39 is 0 Å². The van der Waals surface area contributed by atoms with Crippen LogP contribution in [0.25, 0.3) is 0 Å². The van der Waals surface area contributed by atoms with E-state index in [9.17, 15) is 14.4 Å². The fourth-order valence-electron chi connectivity index (χ4n) is 1.78. The quantitative estimate of drug-likeness (QED) is 0.752. The third-order valence-corrected chi connectivity index (χ3v) is 3.98. The number of anilines is 2. The van der Waals surface area contributed by atoms with Crippen molar-refractivity contribution in [3.8, 4) is 0 Å². The SMILES string of the molecule is CC(C)C(=O)Nc1ccc(NC(=O)CNC(=O)c2cccs2)cc1. The molecule has 126 valence electrons. The first-order chi connectivity index (χ1) is 11.5. The Morgan fingerprint density at radius 3 is 2.17 bits per heavy atom. The maximum atomic E-state index is 11.8. The van der Waals surface area contributed by atoms with E-state index >= 15 is 0 Å². The number of thiophene rings is 1. The molecule has 0 radical (unpaired) electrons. The molecule has 1 aromatic heterocycles. The lowest BCUT2D eigenvalue weighted by atomic mass is 10.2. The van der Waals surface area contributed by atoms with Gasteiger partial charge < -0.3 is 16.0 Å². The number of hydrogen-bond donors (Lipinski definition) is 3. The second-order valence-electron chi connectivity index (χ2n) is 5.43. The van der Waals surface area contributed by atoms with Gasteiger partial charge in [-0.2, -0.15) is 0 Å². The molecule has 3 N–H and O–H groups in total. The average Bonchev–Trinajstić information content (AvgIpc) is 3.09. The summed E-state index contributed by atoms with van der Waals surface area (Å²) >= 11 is 1.32.